The summed E-state index contributed by atoms with van der Waals surface area (Å²) < 4.78 is 38.1. The van der Waals surface area contributed by atoms with Gasteiger partial charge in [-0.05, 0) is 84.8 Å². The first-order valence-corrected chi connectivity index (χ1v) is 22.4. The summed E-state index contributed by atoms with van der Waals surface area (Å²) in [7, 11) is 0. The molecule has 4 fully saturated rings. The monoisotopic (exact) mass is 896 g/mol. The van der Waals surface area contributed by atoms with Crippen LogP contribution in [0.2, 0.25) is 5.28 Å². The van der Waals surface area contributed by atoms with Gasteiger partial charge in [-0.1, -0.05) is 48.5 Å². The fourth-order valence-electron chi connectivity index (χ4n) is 9.15. The molecular weight excluding hydrogens is 850 g/mol. The molecule has 2 amide bonds. The Morgan fingerprint density at radius 2 is 1.11 bits per heavy atom. The van der Waals surface area contributed by atoms with Gasteiger partial charge in [0, 0.05) is 120 Å². The van der Waals surface area contributed by atoms with Crippen molar-refractivity contribution in [2.75, 3.05) is 75.9 Å². The molecule has 0 radical (unpaired) electrons. The Hall–Kier alpha value is -6.35. The number of carbonyl (C=O) groups is 2. The summed E-state index contributed by atoms with van der Waals surface area (Å²) in [5, 5.41) is 3.61. The van der Waals surface area contributed by atoms with Gasteiger partial charge in [0.2, 0.25) is 11.2 Å². The lowest BCUT2D eigenvalue weighted by Crippen LogP contribution is -2.40. The van der Waals surface area contributed by atoms with Crippen molar-refractivity contribution in [1.82, 2.24) is 29.7 Å². The highest BCUT2D eigenvalue weighted by Crippen LogP contribution is 2.58. The first kappa shape index (κ1) is 42.6. The average molecular weight is 897 g/mol. The highest BCUT2D eigenvalue weighted by Gasteiger charge is 2.53. The Bertz CT molecular complexity index is 2720. The molecule has 6 heterocycles. The normalized spacial score (nSPS) is 18.1. The lowest BCUT2D eigenvalue weighted by molar-refractivity contribution is 0.0301. The summed E-state index contributed by atoms with van der Waals surface area (Å²) in [4.78, 5) is 48.0. The van der Waals surface area contributed by atoms with Gasteiger partial charge in [-0.15, -0.1) is 0 Å². The Kier molecular flexibility index (Phi) is 11.7. The van der Waals surface area contributed by atoms with E-state index in [0.29, 0.717) is 91.8 Å². The van der Waals surface area contributed by atoms with E-state index in [1.54, 1.807) is 48.8 Å². The van der Waals surface area contributed by atoms with Gasteiger partial charge >= 0.3 is 0 Å². The lowest BCUT2D eigenvalue weighted by Gasteiger charge is -2.27. The van der Waals surface area contributed by atoms with E-state index in [0.717, 1.165) is 42.9 Å². The largest absolute Gasteiger partial charge is 0.384 e. The number of nitrogens with one attached hydrogen (secondary N) is 1. The number of rotatable bonds is 5. The zero-order valence-corrected chi connectivity index (χ0v) is 36.4. The minimum atomic E-state index is -0.293. The van der Waals surface area contributed by atoms with E-state index >= 15 is 0 Å². The van der Waals surface area contributed by atoms with Crippen LogP contribution in [0.25, 0.3) is 22.3 Å². The summed E-state index contributed by atoms with van der Waals surface area (Å²) in [5.41, 5.74) is 9.06. The van der Waals surface area contributed by atoms with Crippen molar-refractivity contribution in [3.63, 3.8) is 0 Å². The Balaban J connectivity index is 0.000000127. The predicted octanol–water partition coefficient (Wildman–Crippen LogP) is 8.49. The molecule has 2 aromatic heterocycles. The summed E-state index contributed by atoms with van der Waals surface area (Å²) in [5.74, 6) is 0.149. The molecular formula is C50H47ClF2N8O4. The third kappa shape index (κ3) is 8.77. The molecule has 15 heteroatoms. The van der Waals surface area contributed by atoms with Crippen LogP contribution < -0.4 is 10.2 Å². The second kappa shape index (κ2) is 17.9. The topological polar surface area (TPSA) is 126 Å². The molecule has 2 saturated carbocycles. The van der Waals surface area contributed by atoms with Gasteiger partial charge in [-0.25, -0.2) is 28.7 Å². The summed E-state index contributed by atoms with van der Waals surface area (Å²) in [6.45, 7) is 6.93. The molecule has 4 aliphatic heterocycles. The van der Waals surface area contributed by atoms with Gasteiger partial charge < -0.3 is 29.5 Å². The van der Waals surface area contributed by atoms with Crippen LogP contribution in [-0.4, -0.2) is 107 Å². The number of hydrogen-bond donors (Lipinski definition) is 1. The molecule has 4 aromatic carbocycles. The standard InChI is InChI=1S/C25H23FN4O2.C15H18N2O2.C10H6ClFN2/c26-21-4-2-1-3-19(21)18-14-27-24(28-15-18)30-16-25(7-8-25)20-6-5-17(13-22(20)30)23(31)29-9-11-32-12-10-29;18-14(17-5-7-19-8-6-17)11-1-2-12-13(9-11)16-10-15(12)3-4-15;11-10-13-5-7(6-14-10)8-3-1-2-4-9(8)12/h1-6,13-15H,7-12,16H2;1-2,9,16H,3-8,10H2;1-6H. The second-order valence-corrected chi connectivity index (χ2v) is 17.6. The zero-order valence-electron chi connectivity index (χ0n) is 35.7. The minimum absolute atomic E-state index is 0.0311. The van der Waals surface area contributed by atoms with E-state index in [1.165, 1.54) is 48.5 Å². The van der Waals surface area contributed by atoms with Gasteiger partial charge in [-0.3, -0.25) is 9.59 Å². The molecule has 0 bridgehead atoms. The Labute approximate surface area is 380 Å². The van der Waals surface area contributed by atoms with E-state index in [1.807, 2.05) is 34.1 Å². The number of fused-ring (bicyclic) bond motifs is 4. The van der Waals surface area contributed by atoms with Crippen molar-refractivity contribution in [1.29, 1.82) is 0 Å². The fraction of sp³-hybridized carbons (Fsp3) is 0.320. The molecule has 2 saturated heterocycles. The third-order valence-electron chi connectivity index (χ3n) is 13.2. The number of aromatic nitrogens is 4. The fourth-order valence-corrected chi connectivity index (χ4v) is 9.25. The van der Waals surface area contributed by atoms with Crippen LogP contribution in [0.4, 0.5) is 26.1 Å². The number of benzene rings is 4. The smallest absolute Gasteiger partial charge is 0.254 e. The van der Waals surface area contributed by atoms with Crippen LogP contribution >= 0.6 is 11.6 Å². The van der Waals surface area contributed by atoms with Crippen molar-refractivity contribution >= 4 is 40.7 Å². The molecule has 2 spiro atoms. The second-order valence-electron chi connectivity index (χ2n) is 17.3. The number of amides is 2. The van der Waals surface area contributed by atoms with Crippen LogP contribution in [0.1, 0.15) is 57.5 Å². The number of carbonyl (C=O) groups excluding carboxylic acids is 2. The molecule has 1 N–H and O–H groups in total. The predicted molar refractivity (Wildman–Crippen MR) is 244 cm³/mol. The van der Waals surface area contributed by atoms with E-state index in [4.69, 9.17) is 21.1 Å². The van der Waals surface area contributed by atoms with Crippen molar-refractivity contribution in [3.05, 3.63) is 149 Å². The minimum Gasteiger partial charge on any atom is -0.384 e. The average Bonchev–Trinajstić information content (AvgIpc) is 4.27. The molecule has 12 rings (SSSR count). The molecule has 6 aromatic rings. The first-order chi connectivity index (χ1) is 31.7. The maximum Gasteiger partial charge on any atom is 0.254 e. The SMILES string of the molecule is Fc1ccccc1-c1cnc(Cl)nc1.O=C(c1ccc2c(c1)N(c1ncc(-c3ccccc3F)cn1)CC21CC1)N1CCOCC1.O=C(c1ccc2c(c1)NCC21CC1)N1CCOCC1. The number of hydrogen-bond acceptors (Lipinski definition) is 10. The molecule has 12 nitrogen and oxygen atoms in total. The lowest BCUT2D eigenvalue weighted by atomic mass is 9.97. The van der Waals surface area contributed by atoms with Gasteiger partial charge in [-0.2, -0.15) is 0 Å². The Morgan fingerprint density at radius 1 is 0.615 bits per heavy atom. The molecule has 6 aliphatic rings. The number of morpholine rings is 2. The van der Waals surface area contributed by atoms with Crippen molar-refractivity contribution in [2.45, 2.75) is 36.5 Å². The van der Waals surface area contributed by atoms with E-state index in [9.17, 15) is 18.4 Å². The molecule has 65 heavy (non-hydrogen) atoms. The Morgan fingerprint density at radius 3 is 1.63 bits per heavy atom. The van der Waals surface area contributed by atoms with E-state index < -0.39 is 0 Å². The summed E-state index contributed by atoms with van der Waals surface area (Å²) in [6, 6.07) is 25.3. The van der Waals surface area contributed by atoms with Crippen molar-refractivity contribution in [3.8, 4) is 22.3 Å². The number of halogens is 3. The van der Waals surface area contributed by atoms with Crippen molar-refractivity contribution in [2.24, 2.45) is 0 Å². The van der Waals surface area contributed by atoms with Crippen LogP contribution in [-0.2, 0) is 20.3 Å². The highest BCUT2D eigenvalue weighted by atomic mass is 35.5. The number of ether oxygens (including phenoxy) is 2. The van der Waals surface area contributed by atoms with Crippen LogP contribution in [0.15, 0.2) is 110 Å². The summed E-state index contributed by atoms with van der Waals surface area (Å²) >= 11 is 5.52. The van der Waals surface area contributed by atoms with Gasteiger partial charge in [0.15, 0.2) is 0 Å². The van der Waals surface area contributed by atoms with Crippen LogP contribution in [0, 0.1) is 11.6 Å². The maximum atomic E-state index is 14.1. The van der Waals surface area contributed by atoms with Crippen molar-refractivity contribution < 1.29 is 27.8 Å². The highest BCUT2D eigenvalue weighted by molar-refractivity contribution is 6.28. The number of nitrogens with zero attached hydrogens (tertiary/aromatic N) is 7. The van der Waals surface area contributed by atoms with E-state index in [-0.39, 0.29) is 34.1 Å². The molecule has 332 valence electrons. The van der Waals surface area contributed by atoms with Gasteiger partial charge in [0.1, 0.15) is 11.6 Å². The number of anilines is 3. The van der Waals surface area contributed by atoms with E-state index in [2.05, 4.69) is 42.3 Å². The van der Waals surface area contributed by atoms with Gasteiger partial charge in [0.05, 0.1) is 26.4 Å². The maximum absolute atomic E-state index is 14.1. The van der Waals surface area contributed by atoms with Gasteiger partial charge in [0.25, 0.3) is 11.8 Å². The molecule has 2 aliphatic carbocycles. The summed E-state index contributed by atoms with van der Waals surface area (Å²) in [6.07, 6.45) is 11.1. The molecule has 0 unspecified atom stereocenters. The quantitative estimate of drug-likeness (QED) is 0.169. The molecule has 0 atom stereocenters. The van der Waals surface area contributed by atoms with Crippen LogP contribution in [0.3, 0.4) is 0 Å². The van der Waals surface area contributed by atoms with Crippen LogP contribution in [0.5, 0.6) is 0 Å². The third-order valence-corrected chi connectivity index (χ3v) is 13.4. The first-order valence-electron chi connectivity index (χ1n) is 22.0. The zero-order chi connectivity index (χ0) is 44.5.